The minimum atomic E-state index is 0.0984. The fraction of sp³-hybridized carbons (Fsp3) is 0.500. The van der Waals surface area contributed by atoms with Crippen molar-refractivity contribution in [2.24, 2.45) is 0 Å². The van der Waals surface area contributed by atoms with Crippen LogP contribution in [0.4, 0.5) is 0 Å². The number of rotatable bonds is 2. The van der Waals surface area contributed by atoms with E-state index in [-0.39, 0.29) is 6.61 Å². The van der Waals surface area contributed by atoms with Gasteiger partial charge in [-0.2, -0.15) is 0 Å². The summed E-state index contributed by atoms with van der Waals surface area (Å²) < 4.78 is 0. The molecule has 0 saturated carbocycles. The van der Waals surface area contributed by atoms with E-state index >= 15 is 0 Å². The molecule has 0 rings (SSSR count). The van der Waals surface area contributed by atoms with Gasteiger partial charge < -0.3 is 5.11 Å². The molecule has 0 aliphatic heterocycles. The number of hydrogen-bond acceptors (Lipinski definition) is 2. The summed E-state index contributed by atoms with van der Waals surface area (Å²) in [6.07, 6.45) is 1.89. The van der Waals surface area contributed by atoms with E-state index in [0.717, 1.165) is 4.91 Å². The molecule has 2 heteroatoms. The highest BCUT2D eigenvalue weighted by molar-refractivity contribution is 8.02. The van der Waals surface area contributed by atoms with Crippen LogP contribution in [0.25, 0.3) is 0 Å². The monoisotopic (exact) mass is 104 g/mol. The van der Waals surface area contributed by atoms with Crippen LogP contribution in [0.3, 0.4) is 0 Å². The molecule has 0 aromatic heterocycles. The Morgan fingerprint density at radius 1 is 2.00 bits per heavy atom. The molecule has 1 nitrogen and oxygen atoms in total. The topological polar surface area (TPSA) is 20.2 Å². The quantitative estimate of drug-likeness (QED) is 0.560. The zero-order chi connectivity index (χ0) is 4.99. The Balaban J connectivity index is 2.99. The summed E-state index contributed by atoms with van der Waals surface area (Å²) in [6, 6.07) is 0. The third kappa shape index (κ3) is 2.30. The lowest BCUT2D eigenvalue weighted by Gasteiger charge is -1.88. The lowest BCUT2D eigenvalue weighted by Crippen LogP contribution is -1.77. The largest absolute Gasteiger partial charge is 0.391 e. The first-order chi connectivity index (χ1) is 2.81. The average molecular weight is 104 g/mol. The Labute approximate surface area is 42.1 Å². The summed E-state index contributed by atoms with van der Waals surface area (Å²) in [5, 5.41) is 8.21. The Morgan fingerprint density at radius 3 is 2.50 bits per heavy atom. The molecule has 0 aromatic carbocycles. The predicted octanol–water partition coefficient (Wildman–Crippen LogP) is 0.855. The fourth-order valence-electron chi connectivity index (χ4n) is 0.0645. The number of thioether (sulfide) groups is 1. The normalized spacial score (nSPS) is 8.33. The molecule has 0 spiro atoms. The molecule has 0 atom stereocenters. The highest BCUT2D eigenvalue weighted by atomic mass is 32.2. The SMILES string of the molecule is C=C(CO)SC. The van der Waals surface area contributed by atoms with Crippen molar-refractivity contribution in [3.8, 4) is 0 Å². The van der Waals surface area contributed by atoms with Crippen molar-refractivity contribution in [2.45, 2.75) is 0 Å². The summed E-state index contributed by atoms with van der Waals surface area (Å²) >= 11 is 1.48. The van der Waals surface area contributed by atoms with Crippen LogP contribution in [0, 0.1) is 0 Å². The molecule has 0 bridgehead atoms. The van der Waals surface area contributed by atoms with Crippen molar-refractivity contribution >= 4 is 11.8 Å². The van der Waals surface area contributed by atoms with Gasteiger partial charge in [-0.3, -0.25) is 0 Å². The molecule has 0 radical (unpaired) electrons. The van der Waals surface area contributed by atoms with Crippen LogP contribution >= 0.6 is 11.8 Å². The van der Waals surface area contributed by atoms with Gasteiger partial charge in [0.05, 0.1) is 6.61 Å². The molecule has 36 valence electrons. The maximum Gasteiger partial charge on any atom is 0.0734 e. The Morgan fingerprint density at radius 2 is 2.50 bits per heavy atom. The lowest BCUT2D eigenvalue weighted by atomic mass is 10.7. The third-order valence-electron chi connectivity index (χ3n) is 0.465. The summed E-state index contributed by atoms with van der Waals surface area (Å²) in [5.41, 5.74) is 0. The molecule has 0 fully saturated rings. The Bertz CT molecular complexity index is 45.5. The van der Waals surface area contributed by atoms with E-state index in [9.17, 15) is 0 Å². The van der Waals surface area contributed by atoms with Crippen LogP contribution in [0.5, 0.6) is 0 Å². The van der Waals surface area contributed by atoms with Gasteiger partial charge in [0.25, 0.3) is 0 Å². The fourth-order valence-corrected chi connectivity index (χ4v) is 0.194. The van der Waals surface area contributed by atoms with E-state index in [1.807, 2.05) is 6.26 Å². The van der Waals surface area contributed by atoms with Gasteiger partial charge in [0.2, 0.25) is 0 Å². The van der Waals surface area contributed by atoms with Crippen LogP contribution < -0.4 is 0 Å². The zero-order valence-electron chi connectivity index (χ0n) is 3.77. The van der Waals surface area contributed by atoms with Crippen LogP contribution in [0.2, 0.25) is 0 Å². The molecule has 0 saturated heterocycles. The number of aliphatic hydroxyl groups is 1. The summed E-state index contributed by atoms with van der Waals surface area (Å²) in [6.45, 7) is 3.60. The predicted molar refractivity (Wildman–Crippen MR) is 29.7 cm³/mol. The van der Waals surface area contributed by atoms with Gasteiger partial charge in [0.15, 0.2) is 0 Å². The average Bonchev–Trinajstić information content (AvgIpc) is 1.65. The van der Waals surface area contributed by atoms with E-state index in [4.69, 9.17) is 5.11 Å². The summed E-state index contributed by atoms with van der Waals surface area (Å²) in [4.78, 5) is 0.815. The van der Waals surface area contributed by atoms with Crippen molar-refractivity contribution in [3.63, 3.8) is 0 Å². The van der Waals surface area contributed by atoms with Gasteiger partial charge in [0, 0.05) is 4.91 Å². The molecule has 0 amide bonds. The first-order valence-electron chi connectivity index (χ1n) is 1.64. The molecule has 6 heavy (non-hydrogen) atoms. The second kappa shape index (κ2) is 3.25. The second-order valence-electron chi connectivity index (χ2n) is 0.901. The van der Waals surface area contributed by atoms with Crippen LogP contribution in [-0.2, 0) is 0 Å². The first kappa shape index (κ1) is 6.05. The minimum absolute atomic E-state index is 0.0984. The Kier molecular flexibility index (Phi) is 3.28. The van der Waals surface area contributed by atoms with Crippen molar-refractivity contribution < 1.29 is 5.11 Å². The van der Waals surface area contributed by atoms with Gasteiger partial charge in [-0.1, -0.05) is 6.58 Å². The number of aliphatic hydroxyl groups excluding tert-OH is 1. The van der Waals surface area contributed by atoms with Crippen LogP contribution in [0.1, 0.15) is 0 Å². The van der Waals surface area contributed by atoms with E-state index in [1.165, 1.54) is 11.8 Å². The Hall–Kier alpha value is 0.0500. The maximum atomic E-state index is 8.21. The van der Waals surface area contributed by atoms with Crippen molar-refractivity contribution in [1.82, 2.24) is 0 Å². The number of hydrogen-bond donors (Lipinski definition) is 1. The molecule has 0 heterocycles. The van der Waals surface area contributed by atoms with E-state index in [2.05, 4.69) is 6.58 Å². The molecule has 0 unspecified atom stereocenters. The lowest BCUT2D eigenvalue weighted by molar-refractivity contribution is 0.340. The van der Waals surface area contributed by atoms with Gasteiger partial charge in [-0.15, -0.1) is 11.8 Å². The van der Waals surface area contributed by atoms with Gasteiger partial charge >= 0.3 is 0 Å². The smallest absolute Gasteiger partial charge is 0.0734 e. The highest BCUT2D eigenvalue weighted by Crippen LogP contribution is 2.04. The van der Waals surface area contributed by atoms with Crippen LogP contribution in [-0.4, -0.2) is 18.0 Å². The molecule has 1 N–H and O–H groups in total. The molecular weight excluding hydrogens is 96.1 g/mol. The van der Waals surface area contributed by atoms with Crippen molar-refractivity contribution in [3.05, 3.63) is 11.5 Å². The minimum Gasteiger partial charge on any atom is -0.391 e. The molecule has 0 aliphatic carbocycles. The van der Waals surface area contributed by atoms with E-state index in [1.54, 1.807) is 0 Å². The molecule has 0 aliphatic rings. The second-order valence-corrected chi connectivity index (χ2v) is 1.89. The van der Waals surface area contributed by atoms with Gasteiger partial charge in [-0.25, -0.2) is 0 Å². The first-order valence-corrected chi connectivity index (χ1v) is 2.86. The molecule has 0 aromatic rings. The molecular formula is C4H8OS. The summed E-state index contributed by atoms with van der Waals surface area (Å²) in [5.74, 6) is 0. The van der Waals surface area contributed by atoms with Gasteiger partial charge in [-0.05, 0) is 6.26 Å². The third-order valence-corrected chi connectivity index (χ3v) is 1.17. The van der Waals surface area contributed by atoms with E-state index < -0.39 is 0 Å². The van der Waals surface area contributed by atoms with E-state index in [0.29, 0.717) is 0 Å². The highest BCUT2D eigenvalue weighted by Gasteiger charge is 1.79. The summed E-state index contributed by atoms with van der Waals surface area (Å²) in [7, 11) is 0. The zero-order valence-corrected chi connectivity index (χ0v) is 4.59. The van der Waals surface area contributed by atoms with Crippen molar-refractivity contribution in [2.75, 3.05) is 12.9 Å². The van der Waals surface area contributed by atoms with Crippen molar-refractivity contribution in [1.29, 1.82) is 0 Å². The van der Waals surface area contributed by atoms with Crippen LogP contribution in [0.15, 0.2) is 11.5 Å². The van der Waals surface area contributed by atoms with Gasteiger partial charge in [0.1, 0.15) is 0 Å². The standard InChI is InChI=1S/C4H8OS/c1-4(3-5)6-2/h5H,1,3H2,2H3. The maximum absolute atomic E-state index is 8.21.